The van der Waals surface area contributed by atoms with E-state index in [2.05, 4.69) is 20.3 Å². The Kier molecular flexibility index (Phi) is 3.66. The van der Waals surface area contributed by atoms with Crippen molar-refractivity contribution in [3.8, 4) is 0 Å². The lowest BCUT2D eigenvalue weighted by molar-refractivity contribution is -0.113. The smallest absolute Gasteiger partial charge is 0.267 e. The molecule has 9 heteroatoms. The van der Waals surface area contributed by atoms with E-state index in [1.54, 1.807) is 0 Å². The Balaban J connectivity index is 1.53. The second-order valence-electron chi connectivity index (χ2n) is 5.59. The van der Waals surface area contributed by atoms with E-state index in [-0.39, 0.29) is 5.91 Å². The number of fused-ring (bicyclic) bond motifs is 2. The van der Waals surface area contributed by atoms with E-state index >= 15 is 0 Å². The predicted molar refractivity (Wildman–Crippen MR) is 109 cm³/mol. The Morgan fingerprint density at radius 1 is 1.19 bits per heavy atom. The van der Waals surface area contributed by atoms with E-state index in [1.165, 1.54) is 34.4 Å². The maximum absolute atomic E-state index is 12.4. The molecule has 2 aromatic heterocycles. The Morgan fingerprint density at radius 2 is 2.08 bits per heavy atom. The lowest BCUT2D eigenvalue weighted by atomic mass is 10.3. The fraction of sp³-hybridized carbons (Fsp3) is 0.0588. The third kappa shape index (κ3) is 2.64. The summed E-state index contributed by atoms with van der Waals surface area (Å²) in [6, 6.07) is 7.89. The summed E-state index contributed by atoms with van der Waals surface area (Å²) < 4.78 is 2.82. The van der Waals surface area contributed by atoms with Crippen molar-refractivity contribution in [1.82, 2.24) is 15.3 Å². The molecule has 4 heterocycles. The van der Waals surface area contributed by atoms with Crippen LogP contribution in [0, 0.1) is 0 Å². The molecule has 0 bridgehead atoms. The second-order valence-corrected chi connectivity index (χ2v) is 8.63. The lowest BCUT2D eigenvalue weighted by Gasteiger charge is -2.11. The largest absolute Gasteiger partial charge is 0.335 e. The van der Waals surface area contributed by atoms with Crippen molar-refractivity contribution in [3.05, 3.63) is 45.7 Å². The predicted octanol–water partition coefficient (Wildman–Crippen LogP) is 2.16. The molecule has 3 aromatic rings. The SMILES string of the molecule is CN1C=CC=c2s/c(=C3/S/C(=N\c4nc5ccccc5s4)NC3=O)nc21. The van der Waals surface area contributed by atoms with Crippen molar-refractivity contribution in [3.63, 3.8) is 0 Å². The molecule has 2 aliphatic heterocycles. The van der Waals surface area contributed by atoms with Gasteiger partial charge in [-0.25, -0.2) is 9.97 Å². The number of carbonyl (C=O) groups is 1. The van der Waals surface area contributed by atoms with Crippen LogP contribution >= 0.6 is 34.4 Å². The van der Waals surface area contributed by atoms with Gasteiger partial charge in [-0.1, -0.05) is 23.5 Å². The van der Waals surface area contributed by atoms with Gasteiger partial charge >= 0.3 is 0 Å². The minimum atomic E-state index is -0.170. The number of hydrogen-bond acceptors (Lipinski definition) is 8. The molecule has 0 atom stereocenters. The van der Waals surface area contributed by atoms with E-state index in [4.69, 9.17) is 0 Å². The number of nitrogens with one attached hydrogen (secondary N) is 1. The number of aliphatic imine (C=N–C) groups is 1. The van der Waals surface area contributed by atoms with E-state index in [0.29, 0.717) is 19.9 Å². The molecule has 0 radical (unpaired) electrons. The molecule has 1 saturated heterocycles. The van der Waals surface area contributed by atoms with Gasteiger partial charge in [-0.3, -0.25) is 4.79 Å². The van der Waals surface area contributed by atoms with Gasteiger partial charge in [0.2, 0.25) is 5.13 Å². The first-order chi connectivity index (χ1) is 12.7. The molecule has 6 nitrogen and oxygen atoms in total. The summed E-state index contributed by atoms with van der Waals surface area (Å²) in [5.74, 6) is 0.696. The minimum absolute atomic E-state index is 0.170. The fourth-order valence-electron chi connectivity index (χ4n) is 2.62. The number of benzene rings is 1. The summed E-state index contributed by atoms with van der Waals surface area (Å²) in [6.45, 7) is 0. The summed E-state index contributed by atoms with van der Waals surface area (Å²) in [5.41, 5.74) is 0.911. The molecule has 1 N–H and O–H groups in total. The van der Waals surface area contributed by atoms with Gasteiger partial charge in [0.1, 0.15) is 9.57 Å². The van der Waals surface area contributed by atoms with E-state index < -0.39 is 0 Å². The van der Waals surface area contributed by atoms with Crippen LogP contribution in [0.2, 0.25) is 0 Å². The summed E-state index contributed by atoms with van der Waals surface area (Å²) in [4.78, 5) is 28.5. The quantitative estimate of drug-likeness (QED) is 0.681. The highest BCUT2D eigenvalue weighted by Crippen LogP contribution is 2.31. The van der Waals surface area contributed by atoms with Crippen LogP contribution in [0.5, 0.6) is 0 Å². The number of rotatable bonds is 1. The number of para-hydroxylation sites is 1. The average Bonchev–Trinajstić information content (AvgIpc) is 3.31. The third-order valence-corrected chi connectivity index (χ3v) is 6.88. The van der Waals surface area contributed by atoms with Crippen molar-refractivity contribution in [2.24, 2.45) is 4.99 Å². The Bertz CT molecular complexity index is 1200. The van der Waals surface area contributed by atoms with E-state index in [9.17, 15) is 4.79 Å². The summed E-state index contributed by atoms with van der Waals surface area (Å²) in [6.07, 6.45) is 5.92. The summed E-state index contributed by atoms with van der Waals surface area (Å²) >= 11 is 4.31. The van der Waals surface area contributed by atoms with Gasteiger partial charge in [-0.2, -0.15) is 4.99 Å². The van der Waals surface area contributed by atoms with Crippen molar-refractivity contribution in [2.45, 2.75) is 0 Å². The molecule has 1 fully saturated rings. The molecule has 26 heavy (non-hydrogen) atoms. The molecule has 0 unspecified atom stereocenters. The molecule has 0 spiro atoms. The monoisotopic (exact) mass is 397 g/mol. The first-order valence-corrected chi connectivity index (χ1v) is 10.2. The van der Waals surface area contributed by atoms with Crippen molar-refractivity contribution < 1.29 is 4.79 Å². The zero-order valence-corrected chi connectivity index (χ0v) is 15.9. The number of aromatic nitrogens is 2. The zero-order valence-electron chi connectivity index (χ0n) is 13.5. The second kappa shape index (κ2) is 6.04. The van der Waals surface area contributed by atoms with Gasteiger partial charge in [0, 0.05) is 13.2 Å². The van der Waals surface area contributed by atoms with Gasteiger partial charge in [0.25, 0.3) is 5.91 Å². The molecule has 128 valence electrons. The first kappa shape index (κ1) is 15.7. The van der Waals surface area contributed by atoms with Gasteiger partial charge in [-0.15, -0.1) is 11.3 Å². The number of amidine groups is 1. The van der Waals surface area contributed by atoms with Crippen LogP contribution in [0.15, 0.2) is 41.5 Å². The van der Waals surface area contributed by atoms with Crippen LogP contribution in [0.1, 0.15) is 0 Å². The van der Waals surface area contributed by atoms with Crippen LogP contribution in [-0.4, -0.2) is 28.1 Å². The fourth-order valence-corrected chi connectivity index (χ4v) is 5.47. The minimum Gasteiger partial charge on any atom is -0.335 e. The third-order valence-electron chi connectivity index (χ3n) is 3.83. The van der Waals surface area contributed by atoms with Crippen LogP contribution < -0.4 is 19.4 Å². The molecule has 2 aliphatic rings. The standard InChI is InChI=1S/C17H11N5OS3/c1-22-8-4-7-11-13(22)19-15(24-11)12-14(23)20-17(26-12)21-16-18-9-5-2-3-6-10(9)25-16/h2-8H,1H3,(H,18,20,21,23)/b15-12+. The van der Waals surface area contributed by atoms with Crippen LogP contribution in [-0.2, 0) is 4.79 Å². The topological polar surface area (TPSA) is 70.5 Å². The van der Waals surface area contributed by atoms with Gasteiger partial charge in [-0.05, 0) is 36.0 Å². The number of nitrogens with zero attached hydrogens (tertiary/aromatic N) is 4. The normalized spacial score (nSPS) is 19.8. The molecule has 1 amide bonds. The maximum atomic E-state index is 12.4. The Labute approximate surface area is 160 Å². The zero-order chi connectivity index (χ0) is 17.7. The van der Waals surface area contributed by atoms with Crippen LogP contribution in [0.3, 0.4) is 0 Å². The van der Waals surface area contributed by atoms with Crippen molar-refractivity contribution in [2.75, 3.05) is 11.9 Å². The molecular weight excluding hydrogens is 386 g/mol. The van der Waals surface area contributed by atoms with E-state index in [0.717, 1.165) is 20.6 Å². The number of allylic oxidation sites excluding steroid dienone is 1. The Morgan fingerprint density at radius 3 is 2.92 bits per heavy atom. The number of amides is 1. The molecular formula is C17H11N5OS3. The summed E-state index contributed by atoms with van der Waals surface area (Å²) in [7, 11) is 1.94. The van der Waals surface area contributed by atoms with Crippen LogP contribution in [0.4, 0.5) is 10.9 Å². The van der Waals surface area contributed by atoms with Gasteiger partial charge < -0.3 is 10.2 Å². The molecule has 0 aliphatic carbocycles. The highest BCUT2D eigenvalue weighted by molar-refractivity contribution is 8.23. The maximum Gasteiger partial charge on any atom is 0.267 e. The number of thioether (sulfide) groups is 1. The number of carbonyl (C=O) groups excluding carboxylic acids is 1. The number of thiazole rings is 2. The van der Waals surface area contributed by atoms with Crippen LogP contribution in [0.25, 0.3) is 21.2 Å². The lowest BCUT2D eigenvalue weighted by Crippen LogP contribution is -2.21. The van der Waals surface area contributed by atoms with E-state index in [1.807, 2.05) is 54.6 Å². The molecule has 5 rings (SSSR count). The average molecular weight is 398 g/mol. The molecule has 0 saturated carbocycles. The van der Waals surface area contributed by atoms with Gasteiger partial charge in [0.15, 0.2) is 11.0 Å². The Hall–Kier alpha value is -2.49. The highest BCUT2D eigenvalue weighted by atomic mass is 32.2. The summed E-state index contributed by atoms with van der Waals surface area (Å²) in [5, 5.41) is 3.98. The van der Waals surface area contributed by atoms with Gasteiger partial charge in [0.05, 0.1) is 14.7 Å². The number of anilines is 1. The van der Waals surface area contributed by atoms with Crippen molar-refractivity contribution >= 4 is 77.7 Å². The van der Waals surface area contributed by atoms with Crippen molar-refractivity contribution in [1.29, 1.82) is 0 Å². The number of hydrogen-bond donors (Lipinski definition) is 1. The first-order valence-electron chi connectivity index (χ1n) is 7.73. The molecule has 1 aromatic carbocycles. The highest BCUT2D eigenvalue weighted by Gasteiger charge is 2.27.